The first kappa shape index (κ1) is 12.8. The van der Waals surface area contributed by atoms with E-state index in [9.17, 15) is 0 Å². The molecule has 4 rings (SSSR count). The van der Waals surface area contributed by atoms with Crippen LogP contribution >= 0.6 is 0 Å². The second-order valence-corrected chi connectivity index (χ2v) is 5.66. The average molecular weight is 289 g/mol. The van der Waals surface area contributed by atoms with Crippen molar-refractivity contribution in [3.8, 4) is 5.88 Å². The monoisotopic (exact) mass is 289 g/mol. The Labute approximate surface area is 123 Å². The highest BCUT2D eigenvalue weighted by atomic mass is 16.5. The van der Waals surface area contributed by atoms with E-state index in [1.165, 1.54) is 0 Å². The van der Waals surface area contributed by atoms with Crippen LogP contribution in [0.3, 0.4) is 0 Å². The summed E-state index contributed by atoms with van der Waals surface area (Å²) in [6.07, 6.45) is 5.24. The first-order valence-corrected chi connectivity index (χ1v) is 7.51. The quantitative estimate of drug-likeness (QED) is 0.816. The third-order valence-electron chi connectivity index (χ3n) is 4.29. The number of nitrogen functional groups attached to an aromatic ring is 1. The van der Waals surface area contributed by atoms with Gasteiger partial charge in [0.15, 0.2) is 0 Å². The summed E-state index contributed by atoms with van der Waals surface area (Å²) < 4.78 is 11.5. The number of ether oxygens (including phenoxy) is 2. The van der Waals surface area contributed by atoms with Gasteiger partial charge in [0.05, 0.1) is 24.8 Å². The van der Waals surface area contributed by atoms with Crippen LogP contribution in [0.2, 0.25) is 0 Å². The maximum Gasteiger partial charge on any atom is 0.229 e. The number of rotatable bonds is 1. The molecule has 1 aliphatic carbocycles. The van der Waals surface area contributed by atoms with Gasteiger partial charge in [0.25, 0.3) is 0 Å². The molecule has 1 saturated heterocycles. The molecule has 21 heavy (non-hydrogen) atoms. The fraction of sp³-hybridized carbons (Fsp3) is 0.643. The minimum atomic E-state index is 0.120. The predicted molar refractivity (Wildman–Crippen MR) is 79.1 cm³/mol. The zero-order chi connectivity index (χ0) is 14.2. The molecular weight excluding hydrogens is 270 g/mol. The highest BCUT2D eigenvalue weighted by molar-refractivity contribution is 5.90. The molecule has 0 unspecified atom stereocenters. The van der Waals surface area contributed by atoms with Crippen molar-refractivity contribution in [2.45, 2.75) is 31.4 Å². The van der Waals surface area contributed by atoms with E-state index in [1.54, 1.807) is 0 Å². The number of aliphatic imine (C=N–C) groups is 1. The Bertz CT molecular complexity index is 571. The molecule has 0 aromatic carbocycles. The molecule has 2 aliphatic heterocycles. The summed E-state index contributed by atoms with van der Waals surface area (Å²) in [5.41, 5.74) is 6.72. The van der Waals surface area contributed by atoms with Crippen LogP contribution < -0.4 is 15.4 Å². The topological polar surface area (TPSA) is 85.9 Å². The Morgan fingerprint density at radius 2 is 2.05 bits per heavy atom. The fourth-order valence-corrected chi connectivity index (χ4v) is 3.20. The second kappa shape index (κ2) is 5.14. The van der Waals surface area contributed by atoms with Gasteiger partial charge >= 0.3 is 0 Å². The van der Waals surface area contributed by atoms with Gasteiger partial charge in [-0.05, 0) is 19.3 Å². The van der Waals surface area contributed by atoms with Gasteiger partial charge in [-0.2, -0.15) is 9.97 Å². The number of nitrogens with two attached hydrogens (primary N) is 1. The number of nitrogens with zero attached hydrogens (tertiary/aromatic N) is 4. The van der Waals surface area contributed by atoms with Gasteiger partial charge in [-0.1, -0.05) is 0 Å². The molecule has 0 bridgehead atoms. The third kappa shape index (κ3) is 2.31. The third-order valence-corrected chi connectivity index (χ3v) is 4.29. The Balaban J connectivity index is 1.75. The lowest BCUT2D eigenvalue weighted by Crippen LogP contribution is -2.37. The van der Waals surface area contributed by atoms with Crippen LogP contribution in [-0.4, -0.2) is 54.6 Å². The summed E-state index contributed by atoms with van der Waals surface area (Å²) in [5, 5.41) is 0. The molecule has 7 nitrogen and oxygen atoms in total. The number of aromatic nitrogens is 2. The maximum atomic E-state index is 6.08. The van der Waals surface area contributed by atoms with Crippen molar-refractivity contribution in [2.24, 2.45) is 4.99 Å². The van der Waals surface area contributed by atoms with Gasteiger partial charge in [-0.15, -0.1) is 0 Å². The van der Waals surface area contributed by atoms with Crippen molar-refractivity contribution in [3.63, 3.8) is 0 Å². The minimum absolute atomic E-state index is 0.120. The summed E-state index contributed by atoms with van der Waals surface area (Å²) >= 11 is 0. The summed E-state index contributed by atoms with van der Waals surface area (Å²) in [5.74, 6) is 1.63. The number of hydrogen-bond donors (Lipinski definition) is 1. The van der Waals surface area contributed by atoms with Crippen LogP contribution in [-0.2, 0) is 4.74 Å². The predicted octanol–water partition coefficient (Wildman–Crippen LogP) is 0.628. The van der Waals surface area contributed by atoms with E-state index in [1.807, 2.05) is 6.21 Å². The Morgan fingerprint density at radius 3 is 2.90 bits per heavy atom. The standard InChI is InChI=1S/C14H19N5O2/c15-14-17-12(19-4-6-20-7-5-19)9-8-16-10-2-1-3-11(10)21-13(9)18-14/h8,10-11H,1-7H2,(H2,15,17,18)/t10-,11-/m0/s1. The summed E-state index contributed by atoms with van der Waals surface area (Å²) in [6, 6.07) is 0.234. The first-order chi connectivity index (χ1) is 10.3. The molecule has 0 spiro atoms. The Morgan fingerprint density at radius 1 is 1.19 bits per heavy atom. The van der Waals surface area contributed by atoms with Crippen LogP contribution in [0.25, 0.3) is 0 Å². The molecule has 2 fully saturated rings. The van der Waals surface area contributed by atoms with E-state index in [0.717, 1.165) is 43.7 Å². The fourth-order valence-electron chi connectivity index (χ4n) is 3.20. The van der Waals surface area contributed by atoms with E-state index in [0.29, 0.717) is 19.1 Å². The maximum absolute atomic E-state index is 6.08. The highest BCUT2D eigenvalue weighted by Crippen LogP contribution is 2.34. The summed E-state index contributed by atoms with van der Waals surface area (Å²) in [4.78, 5) is 15.5. The van der Waals surface area contributed by atoms with Crippen LogP contribution in [0.15, 0.2) is 4.99 Å². The number of morpholine rings is 1. The van der Waals surface area contributed by atoms with Gasteiger partial charge in [-0.25, -0.2) is 0 Å². The lowest BCUT2D eigenvalue weighted by Gasteiger charge is -2.29. The van der Waals surface area contributed by atoms with Gasteiger partial charge in [0.1, 0.15) is 11.9 Å². The lowest BCUT2D eigenvalue weighted by molar-refractivity contribution is 0.122. The van der Waals surface area contributed by atoms with Gasteiger partial charge in [0.2, 0.25) is 11.8 Å². The van der Waals surface area contributed by atoms with Crippen LogP contribution in [0.5, 0.6) is 5.88 Å². The van der Waals surface area contributed by atoms with Gasteiger partial charge in [0, 0.05) is 19.3 Å². The molecule has 1 saturated carbocycles. The zero-order valence-corrected chi connectivity index (χ0v) is 11.9. The molecule has 1 aromatic rings. The number of fused-ring (bicyclic) bond motifs is 2. The molecular formula is C14H19N5O2. The van der Waals surface area contributed by atoms with Crippen molar-refractivity contribution in [3.05, 3.63) is 5.56 Å². The van der Waals surface area contributed by atoms with E-state index in [2.05, 4.69) is 19.9 Å². The normalized spacial score (nSPS) is 27.7. The van der Waals surface area contributed by atoms with Gasteiger partial charge in [-0.3, -0.25) is 4.99 Å². The van der Waals surface area contributed by atoms with Crippen molar-refractivity contribution >= 4 is 18.0 Å². The second-order valence-electron chi connectivity index (χ2n) is 5.66. The van der Waals surface area contributed by atoms with Crippen molar-refractivity contribution < 1.29 is 9.47 Å². The van der Waals surface area contributed by atoms with E-state index in [4.69, 9.17) is 15.2 Å². The van der Waals surface area contributed by atoms with E-state index < -0.39 is 0 Å². The zero-order valence-electron chi connectivity index (χ0n) is 11.9. The molecule has 3 aliphatic rings. The SMILES string of the molecule is Nc1nc2c(c(N3CCOCC3)n1)C=N[C@H]1CCC[C@@H]1O2. The number of anilines is 2. The Hall–Kier alpha value is -1.89. The summed E-state index contributed by atoms with van der Waals surface area (Å²) in [6.45, 7) is 2.98. The Kier molecular flexibility index (Phi) is 3.14. The molecule has 2 N–H and O–H groups in total. The van der Waals surface area contributed by atoms with E-state index >= 15 is 0 Å². The minimum Gasteiger partial charge on any atom is -0.471 e. The molecule has 7 heteroatoms. The molecule has 112 valence electrons. The van der Waals surface area contributed by atoms with Gasteiger partial charge < -0.3 is 20.1 Å². The molecule has 0 radical (unpaired) electrons. The molecule has 2 atom stereocenters. The van der Waals surface area contributed by atoms with E-state index in [-0.39, 0.29) is 18.1 Å². The molecule has 3 heterocycles. The van der Waals surface area contributed by atoms with Crippen LogP contribution in [0, 0.1) is 0 Å². The average Bonchev–Trinajstić information content (AvgIpc) is 2.87. The largest absolute Gasteiger partial charge is 0.471 e. The lowest BCUT2D eigenvalue weighted by atomic mass is 10.2. The van der Waals surface area contributed by atoms with Crippen molar-refractivity contribution in [1.82, 2.24) is 9.97 Å². The highest BCUT2D eigenvalue weighted by Gasteiger charge is 2.33. The molecule has 1 aromatic heterocycles. The molecule has 0 amide bonds. The number of hydrogen-bond acceptors (Lipinski definition) is 7. The summed E-state index contributed by atoms with van der Waals surface area (Å²) in [7, 11) is 0. The van der Waals surface area contributed by atoms with Crippen molar-refractivity contribution in [1.29, 1.82) is 0 Å². The van der Waals surface area contributed by atoms with Crippen LogP contribution in [0.4, 0.5) is 11.8 Å². The van der Waals surface area contributed by atoms with Crippen molar-refractivity contribution in [2.75, 3.05) is 36.9 Å². The van der Waals surface area contributed by atoms with Crippen LogP contribution in [0.1, 0.15) is 24.8 Å². The first-order valence-electron chi connectivity index (χ1n) is 7.51. The smallest absolute Gasteiger partial charge is 0.229 e.